The fourth-order valence-corrected chi connectivity index (χ4v) is 1.55. The van der Waals surface area contributed by atoms with Gasteiger partial charge in [0.25, 0.3) is 0 Å². The predicted molar refractivity (Wildman–Crippen MR) is 49.8 cm³/mol. The van der Waals surface area contributed by atoms with Gasteiger partial charge in [0.15, 0.2) is 0 Å². The first-order valence-electron chi connectivity index (χ1n) is 4.53. The monoisotopic (exact) mass is 186 g/mol. The van der Waals surface area contributed by atoms with E-state index in [0.717, 1.165) is 6.42 Å². The Bertz CT molecular complexity index is 204. The van der Waals surface area contributed by atoms with Crippen LogP contribution in [0.1, 0.15) is 26.7 Å². The molecular formula is C9H18N2O2. The second-order valence-electron chi connectivity index (χ2n) is 4.09. The van der Waals surface area contributed by atoms with E-state index in [0.29, 0.717) is 13.1 Å². The standard InChI is InChI=1S/C9H18N2O2/c1-9(2)6-5-8(12)11(9)7-10(3)13-4/h5-7H2,1-4H3. The third-order valence-electron chi connectivity index (χ3n) is 2.63. The summed E-state index contributed by atoms with van der Waals surface area (Å²) in [6.07, 6.45) is 1.59. The van der Waals surface area contributed by atoms with E-state index in [1.807, 2.05) is 11.9 Å². The van der Waals surface area contributed by atoms with Crippen LogP contribution in [0, 0.1) is 0 Å². The molecule has 1 aliphatic rings. The van der Waals surface area contributed by atoms with Gasteiger partial charge < -0.3 is 9.74 Å². The summed E-state index contributed by atoms with van der Waals surface area (Å²) in [5.41, 5.74) is -0.0239. The average molecular weight is 186 g/mol. The second kappa shape index (κ2) is 3.64. The van der Waals surface area contributed by atoms with E-state index < -0.39 is 0 Å². The normalized spacial score (nSPS) is 21.6. The Morgan fingerprint density at radius 3 is 2.62 bits per heavy atom. The summed E-state index contributed by atoms with van der Waals surface area (Å²) in [6, 6.07) is 0. The molecule has 1 amide bonds. The molecule has 4 heteroatoms. The van der Waals surface area contributed by atoms with Gasteiger partial charge in [-0.15, -0.1) is 0 Å². The lowest BCUT2D eigenvalue weighted by atomic mass is 10.0. The molecule has 1 aliphatic heterocycles. The molecule has 0 bridgehead atoms. The van der Waals surface area contributed by atoms with Crippen LogP contribution in [-0.4, -0.2) is 42.2 Å². The van der Waals surface area contributed by atoms with Crippen LogP contribution in [0.4, 0.5) is 0 Å². The van der Waals surface area contributed by atoms with Gasteiger partial charge in [-0.3, -0.25) is 4.79 Å². The molecule has 0 spiro atoms. The first kappa shape index (κ1) is 10.5. The molecular weight excluding hydrogens is 168 g/mol. The summed E-state index contributed by atoms with van der Waals surface area (Å²) in [4.78, 5) is 18.3. The third-order valence-corrected chi connectivity index (χ3v) is 2.63. The van der Waals surface area contributed by atoms with Crippen molar-refractivity contribution in [1.29, 1.82) is 0 Å². The van der Waals surface area contributed by atoms with Gasteiger partial charge in [-0.2, -0.15) is 5.06 Å². The van der Waals surface area contributed by atoms with Crippen LogP contribution in [0.2, 0.25) is 0 Å². The van der Waals surface area contributed by atoms with Crippen molar-refractivity contribution in [2.45, 2.75) is 32.2 Å². The Kier molecular flexibility index (Phi) is 2.93. The molecule has 0 radical (unpaired) electrons. The molecule has 4 nitrogen and oxygen atoms in total. The molecule has 0 aromatic carbocycles. The van der Waals surface area contributed by atoms with Crippen LogP contribution in [0.25, 0.3) is 0 Å². The maximum Gasteiger partial charge on any atom is 0.224 e. The minimum atomic E-state index is -0.0239. The van der Waals surface area contributed by atoms with Crippen LogP contribution in [0.15, 0.2) is 0 Å². The molecule has 1 rings (SSSR count). The highest BCUT2D eigenvalue weighted by Crippen LogP contribution is 2.28. The Labute approximate surface area is 79.4 Å². The van der Waals surface area contributed by atoms with Gasteiger partial charge in [0.1, 0.15) is 0 Å². The summed E-state index contributed by atoms with van der Waals surface area (Å²) in [5.74, 6) is 0.217. The van der Waals surface area contributed by atoms with Crippen LogP contribution in [-0.2, 0) is 9.63 Å². The highest BCUT2D eigenvalue weighted by atomic mass is 16.7. The van der Waals surface area contributed by atoms with Crippen LogP contribution >= 0.6 is 0 Å². The summed E-state index contributed by atoms with van der Waals surface area (Å²) < 4.78 is 0. The number of likely N-dealkylation sites (tertiary alicyclic amines) is 1. The van der Waals surface area contributed by atoms with Gasteiger partial charge in [-0.1, -0.05) is 0 Å². The summed E-state index contributed by atoms with van der Waals surface area (Å²) in [5, 5.41) is 1.66. The number of hydrogen-bond acceptors (Lipinski definition) is 3. The topological polar surface area (TPSA) is 32.8 Å². The Hall–Kier alpha value is -0.610. The molecule has 0 aromatic heterocycles. The van der Waals surface area contributed by atoms with E-state index in [-0.39, 0.29) is 11.4 Å². The number of hydrogen-bond donors (Lipinski definition) is 0. The number of carbonyl (C=O) groups excluding carboxylic acids is 1. The lowest BCUT2D eigenvalue weighted by molar-refractivity contribution is -0.161. The number of nitrogens with zero attached hydrogens (tertiary/aromatic N) is 2. The summed E-state index contributed by atoms with van der Waals surface area (Å²) in [6.45, 7) is 4.71. The fourth-order valence-electron chi connectivity index (χ4n) is 1.55. The van der Waals surface area contributed by atoms with Crippen molar-refractivity contribution in [3.63, 3.8) is 0 Å². The van der Waals surface area contributed by atoms with Crippen molar-refractivity contribution < 1.29 is 9.63 Å². The summed E-state index contributed by atoms with van der Waals surface area (Å²) >= 11 is 0. The molecule has 76 valence electrons. The van der Waals surface area contributed by atoms with E-state index in [1.165, 1.54) is 0 Å². The molecule has 0 atom stereocenters. The van der Waals surface area contributed by atoms with E-state index in [1.54, 1.807) is 12.2 Å². The van der Waals surface area contributed by atoms with Gasteiger partial charge in [-0.25, -0.2) is 0 Å². The quantitative estimate of drug-likeness (QED) is 0.612. The van der Waals surface area contributed by atoms with E-state index >= 15 is 0 Å². The van der Waals surface area contributed by atoms with Crippen molar-refractivity contribution in [3.05, 3.63) is 0 Å². The molecule has 0 aliphatic carbocycles. The first-order valence-corrected chi connectivity index (χ1v) is 4.53. The molecule has 0 N–H and O–H groups in total. The maximum absolute atomic E-state index is 11.5. The number of carbonyl (C=O) groups is 1. The second-order valence-corrected chi connectivity index (χ2v) is 4.09. The lowest BCUT2D eigenvalue weighted by Crippen LogP contribution is -2.46. The minimum absolute atomic E-state index is 0.0239. The number of rotatable bonds is 3. The highest BCUT2D eigenvalue weighted by Gasteiger charge is 2.37. The zero-order chi connectivity index (χ0) is 10.1. The van der Waals surface area contributed by atoms with Gasteiger partial charge in [0.2, 0.25) is 5.91 Å². The van der Waals surface area contributed by atoms with Crippen molar-refractivity contribution in [1.82, 2.24) is 9.96 Å². The molecule has 0 saturated carbocycles. The van der Waals surface area contributed by atoms with Gasteiger partial charge in [-0.05, 0) is 20.3 Å². The smallest absolute Gasteiger partial charge is 0.224 e. The largest absolute Gasteiger partial charge is 0.322 e. The number of hydroxylamine groups is 2. The molecule has 0 unspecified atom stereocenters. The van der Waals surface area contributed by atoms with Gasteiger partial charge in [0.05, 0.1) is 13.8 Å². The molecule has 1 heterocycles. The SMILES string of the molecule is CON(C)CN1C(=O)CCC1(C)C. The van der Waals surface area contributed by atoms with Crippen LogP contribution in [0.5, 0.6) is 0 Å². The number of amides is 1. The molecule has 13 heavy (non-hydrogen) atoms. The van der Waals surface area contributed by atoms with Crippen molar-refractivity contribution in [2.75, 3.05) is 20.8 Å². The Morgan fingerprint density at radius 1 is 1.62 bits per heavy atom. The molecule has 1 fully saturated rings. The van der Waals surface area contributed by atoms with E-state index in [2.05, 4.69) is 13.8 Å². The van der Waals surface area contributed by atoms with Crippen LogP contribution < -0.4 is 0 Å². The highest BCUT2D eigenvalue weighted by molar-refractivity contribution is 5.79. The zero-order valence-corrected chi connectivity index (χ0v) is 8.83. The molecule has 1 saturated heterocycles. The van der Waals surface area contributed by atoms with E-state index in [4.69, 9.17) is 4.84 Å². The summed E-state index contributed by atoms with van der Waals surface area (Å²) in [7, 11) is 3.43. The van der Waals surface area contributed by atoms with Gasteiger partial charge >= 0.3 is 0 Å². The molecule has 0 aromatic rings. The van der Waals surface area contributed by atoms with Gasteiger partial charge in [0, 0.05) is 19.0 Å². The predicted octanol–water partition coefficient (Wildman–Crippen LogP) is 0.838. The van der Waals surface area contributed by atoms with Crippen molar-refractivity contribution in [2.24, 2.45) is 0 Å². The fraction of sp³-hybridized carbons (Fsp3) is 0.889. The average Bonchev–Trinajstić information content (AvgIpc) is 2.31. The Morgan fingerprint density at radius 2 is 2.23 bits per heavy atom. The minimum Gasteiger partial charge on any atom is -0.322 e. The van der Waals surface area contributed by atoms with Crippen molar-refractivity contribution >= 4 is 5.91 Å². The van der Waals surface area contributed by atoms with Crippen LogP contribution in [0.3, 0.4) is 0 Å². The third kappa shape index (κ3) is 2.19. The van der Waals surface area contributed by atoms with E-state index in [9.17, 15) is 4.79 Å². The zero-order valence-electron chi connectivity index (χ0n) is 8.83. The first-order chi connectivity index (χ1) is 5.97. The maximum atomic E-state index is 11.5. The Balaban J connectivity index is 2.60. The van der Waals surface area contributed by atoms with Crippen molar-refractivity contribution in [3.8, 4) is 0 Å². The lowest BCUT2D eigenvalue weighted by Gasteiger charge is -2.34.